The molecule has 0 spiro atoms. The molecule has 0 saturated heterocycles. The Morgan fingerprint density at radius 3 is 2.75 bits per heavy atom. The minimum absolute atomic E-state index is 0.207. The zero-order valence-corrected chi connectivity index (χ0v) is 8.91. The molecule has 1 saturated carbocycles. The minimum atomic E-state index is 0.207. The van der Waals surface area contributed by atoms with Crippen molar-refractivity contribution >= 4 is 0 Å². The van der Waals surface area contributed by atoms with E-state index in [2.05, 4.69) is 14.7 Å². The number of hydrogen-bond donors (Lipinski definition) is 1. The van der Waals surface area contributed by atoms with Gasteiger partial charge in [0, 0.05) is 12.4 Å². The third kappa shape index (κ3) is 1.63. The van der Waals surface area contributed by atoms with E-state index in [9.17, 15) is 0 Å². The smallest absolute Gasteiger partial charge is 0.240 e. The first-order valence-corrected chi connectivity index (χ1v) is 5.53. The second kappa shape index (κ2) is 3.75. The monoisotopic (exact) mass is 218 g/mol. The highest BCUT2D eigenvalue weighted by Crippen LogP contribution is 2.42. The van der Waals surface area contributed by atoms with E-state index in [1.807, 2.05) is 24.5 Å². The van der Waals surface area contributed by atoms with Crippen LogP contribution in [0.1, 0.15) is 30.6 Å². The summed E-state index contributed by atoms with van der Waals surface area (Å²) in [6, 6.07) is 4.23. The molecule has 0 bridgehead atoms. The summed E-state index contributed by atoms with van der Waals surface area (Å²) in [4.78, 5) is 4.32. The Kier molecular flexibility index (Phi) is 2.25. The highest BCUT2D eigenvalue weighted by molar-refractivity contribution is 5.07. The van der Waals surface area contributed by atoms with Crippen LogP contribution in [0.3, 0.4) is 0 Å². The zero-order chi connectivity index (χ0) is 11.0. The average molecular weight is 218 g/mol. The molecule has 5 heteroatoms. The third-order valence-electron chi connectivity index (χ3n) is 2.94. The summed E-state index contributed by atoms with van der Waals surface area (Å²) >= 11 is 0. The Labute approximate surface area is 93.3 Å². The summed E-state index contributed by atoms with van der Waals surface area (Å²) in [6.45, 7) is 0.302. The van der Waals surface area contributed by atoms with Crippen molar-refractivity contribution in [2.24, 2.45) is 11.7 Å². The standard InChI is InChI=1S/C11H14N4O/c12-7-9-13-11(14-16-9)10(8-3-4-8)15-5-1-2-6-15/h1-2,5-6,8,10H,3-4,7,12H2. The number of nitrogens with zero attached hydrogens (tertiary/aromatic N) is 3. The van der Waals surface area contributed by atoms with E-state index in [4.69, 9.17) is 10.3 Å². The molecule has 1 aliphatic rings. The Morgan fingerprint density at radius 1 is 1.44 bits per heavy atom. The molecule has 0 aromatic carbocycles. The van der Waals surface area contributed by atoms with Gasteiger partial charge in [0.1, 0.15) is 0 Å². The largest absolute Gasteiger partial charge is 0.343 e. The Bertz CT molecular complexity index is 458. The Hall–Kier alpha value is -1.62. The van der Waals surface area contributed by atoms with Gasteiger partial charge in [-0.05, 0) is 30.9 Å². The predicted molar refractivity (Wildman–Crippen MR) is 57.5 cm³/mol. The maximum atomic E-state index is 5.47. The molecule has 3 rings (SSSR count). The average Bonchev–Trinajstić information content (AvgIpc) is 2.83. The molecule has 1 aliphatic carbocycles. The maximum Gasteiger partial charge on any atom is 0.240 e. The number of rotatable bonds is 4. The zero-order valence-electron chi connectivity index (χ0n) is 8.91. The van der Waals surface area contributed by atoms with Crippen LogP contribution < -0.4 is 5.73 Å². The van der Waals surface area contributed by atoms with Crippen molar-refractivity contribution in [3.05, 3.63) is 36.2 Å². The quantitative estimate of drug-likeness (QED) is 0.840. The van der Waals surface area contributed by atoms with Crippen molar-refractivity contribution < 1.29 is 4.52 Å². The number of nitrogens with two attached hydrogens (primary N) is 1. The van der Waals surface area contributed by atoms with Crippen molar-refractivity contribution in [3.8, 4) is 0 Å². The van der Waals surface area contributed by atoms with Gasteiger partial charge in [-0.15, -0.1) is 0 Å². The van der Waals surface area contributed by atoms with Gasteiger partial charge in [0.25, 0.3) is 0 Å². The first-order chi connectivity index (χ1) is 7.88. The Balaban J connectivity index is 1.93. The summed E-state index contributed by atoms with van der Waals surface area (Å²) in [5.41, 5.74) is 5.47. The van der Waals surface area contributed by atoms with Crippen LogP contribution in [-0.2, 0) is 6.54 Å². The lowest BCUT2D eigenvalue weighted by Crippen LogP contribution is -2.12. The van der Waals surface area contributed by atoms with Gasteiger partial charge in [-0.25, -0.2) is 0 Å². The number of aromatic nitrogens is 3. The second-order valence-corrected chi connectivity index (χ2v) is 4.16. The molecule has 5 nitrogen and oxygen atoms in total. The van der Waals surface area contributed by atoms with Gasteiger partial charge < -0.3 is 14.8 Å². The molecule has 0 aliphatic heterocycles. The summed E-state index contributed by atoms with van der Waals surface area (Å²) in [6.07, 6.45) is 6.55. The van der Waals surface area contributed by atoms with Crippen LogP contribution >= 0.6 is 0 Å². The van der Waals surface area contributed by atoms with E-state index < -0.39 is 0 Å². The second-order valence-electron chi connectivity index (χ2n) is 4.16. The molecule has 0 radical (unpaired) electrons. The lowest BCUT2D eigenvalue weighted by molar-refractivity contribution is 0.363. The summed E-state index contributed by atoms with van der Waals surface area (Å²) in [5, 5.41) is 4.02. The van der Waals surface area contributed by atoms with Crippen LogP contribution in [0.25, 0.3) is 0 Å². The fourth-order valence-corrected chi connectivity index (χ4v) is 2.00. The molecular weight excluding hydrogens is 204 g/mol. The molecule has 2 heterocycles. The van der Waals surface area contributed by atoms with Crippen LogP contribution in [0, 0.1) is 5.92 Å². The lowest BCUT2D eigenvalue weighted by Gasteiger charge is -2.13. The first kappa shape index (κ1) is 9.59. The van der Waals surface area contributed by atoms with Gasteiger partial charge in [-0.3, -0.25) is 0 Å². The van der Waals surface area contributed by atoms with E-state index in [1.165, 1.54) is 12.8 Å². The van der Waals surface area contributed by atoms with Crippen LogP contribution in [0.5, 0.6) is 0 Å². The van der Waals surface area contributed by atoms with Crippen molar-refractivity contribution in [1.29, 1.82) is 0 Å². The molecule has 1 atom stereocenters. The molecule has 1 unspecified atom stereocenters. The van der Waals surface area contributed by atoms with Gasteiger partial charge in [0.05, 0.1) is 12.6 Å². The fraction of sp³-hybridized carbons (Fsp3) is 0.455. The predicted octanol–water partition coefficient (Wildman–Crippen LogP) is 1.33. The van der Waals surface area contributed by atoms with E-state index >= 15 is 0 Å². The van der Waals surface area contributed by atoms with Crippen LogP contribution in [0.15, 0.2) is 29.0 Å². The van der Waals surface area contributed by atoms with Gasteiger partial charge in [-0.2, -0.15) is 4.98 Å². The molecule has 2 aromatic rings. The van der Waals surface area contributed by atoms with Crippen molar-refractivity contribution in [2.45, 2.75) is 25.4 Å². The van der Waals surface area contributed by atoms with Gasteiger partial charge >= 0.3 is 0 Å². The Morgan fingerprint density at radius 2 is 2.19 bits per heavy atom. The third-order valence-corrected chi connectivity index (χ3v) is 2.94. The van der Waals surface area contributed by atoms with Crippen LogP contribution in [0.2, 0.25) is 0 Å². The summed E-state index contributed by atoms with van der Waals surface area (Å²) < 4.78 is 7.21. The molecular formula is C11H14N4O. The lowest BCUT2D eigenvalue weighted by atomic mass is 10.2. The first-order valence-electron chi connectivity index (χ1n) is 5.53. The number of hydrogen-bond acceptors (Lipinski definition) is 4. The van der Waals surface area contributed by atoms with E-state index in [0.717, 1.165) is 5.82 Å². The van der Waals surface area contributed by atoms with Crippen molar-refractivity contribution in [3.63, 3.8) is 0 Å². The van der Waals surface area contributed by atoms with Gasteiger partial charge in [0.15, 0.2) is 5.82 Å². The molecule has 1 fully saturated rings. The van der Waals surface area contributed by atoms with E-state index in [1.54, 1.807) is 0 Å². The highest BCUT2D eigenvalue weighted by atomic mass is 16.5. The fourth-order valence-electron chi connectivity index (χ4n) is 2.00. The van der Waals surface area contributed by atoms with Crippen molar-refractivity contribution in [2.75, 3.05) is 0 Å². The molecule has 16 heavy (non-hydrogen) atoms. The summed E-state index contributed by atoms with van der Waals surface area (Å²) in [5.74, 6) is 1.89. The van der Waals surface area contributed by atoms with E-state index in [0.29, 0.717) is 18.4 Å². The minimum Gasteiger partial charge on any atom is -0.343 e. The van der Waals surface area contributed by atoms with E-state index in [-0.39, 0.29) is 6.04 Å². The highest BCUT2D eigenvalue weighted by Gasteiger charge is 2.36. The van der Waals surface area contributed by atoms with Crippen LogP contribution in [-0.4, -0.2) is 14.7 Å². The molecule has 2 N–H and O–H groups in total. The normalized spacial score (nSPS) is 17.6. The molecule has 0 amide bonds. The molecule has 84 valence electrons. The van der Waals surface area contributed by atoms with Gasteiger partial charge in [0.2, 0.25) is 5.89 Å². The van der Waals surface area contributed by atoms with Crippen molar-refractivity contribution in [1.82, 2.24) is 14.7 Å². The topological polar surface area (TPSA) is 69.9 Å². The molecule has 2 aromatic heterocycles. The maximum absolute atomic E-state index is 5.47. The summed E-state index contributed by atoms with van der Waals surface area (Å²) in [7, 11) is 0. The SMILES string of the molecule is NCc1nc(C(C2CC2)n2cccc2)no1. The van der Waals surface area contributed by atoms with Gasteiger partial charge in [-0.1, -0.05) is 5.16 Å². The van der Waals surface area contributed by atoms with Crippen LogP contribution in [0.4, 0.5) is 0 Å².